The molecule has 1 aromatic rings. The quantitative estimate of drug-likeness (QED) is 0.583. The summed E-state index contributed by atoms with van der Waals surface area (Å²) in [5, 5.41) is 0.841. The SMILES string of the molecule is CC(C)C(=O)N1CCN(CCCSc2ccccc2Cl)CC1. The van der Waals surface area contributed by atoms with Crippen LogP contribution in [0.25, 0.3) is 0 Å². The predicted octanol–water partition coefficient (Wildman–Crippen LogP) is 3.62. The van der Waals surface area contributed by atoms with Crippen LogP contribution >= 0.6 is 23.4 Å². The van der Waals surface area contributed by atoms with Crippen LogP contribution in [0.5, 0.6) is 0 Å². The lowest BCUT2D eigenvalue weighted by molar-refractivity contribution is -0.136. The molecule has 1 saturated heterocycles. The third kappa shape index (κ3) is 5.18. The fourth-order valence-corrected chi connectivity index (χ4v) is 3.76. The standard InChI is InChI=1S/C17H25ClN2OS/c1-14(2)17(21)20-11-9-19(10-12-20)8-5-13-22-16-7-4-3-6-15(16)18/h3-4,6-7,14H,5,8-13H2,1-2H3. The van der Waals surface area contributed by atoms with E-state index in [0.29, 0.717) is 0 Å². The van der Waals surface area contributed by atoms with Crippen molar-refractivity contribution in [1.29, 1.82) is 0 Å². The Kier molecular flexibility index (Phi) is 7.06. The number of thioether (sulfide) groups is 1. The molecular formula is C17H25ClN2OS. The Morgan fingerprint density at radius 3 is 2.55 bits per heavy atom. The Hall–Kier alpha value is -0.710. The minimum absolute atomic E-state index is 0.110. The van der Waals surface area contributed by atoms with E-state index in [0.717, 1.165) is 54.8 Å². The van der Waals surface area contributed by atoms with Crippen molar-refractivity contribution in [1.82, 2.24) is 9.80 Å². The summed E-state index contributed by atoms with van der Waals surface area (Å²) in [5.41, 5.74) is 0. The largest absolute Gasteiger partial charge is 0.340 e. The number of nitrogens with zero attached hydrogens (tertiary/aromatic N) is 2. The van der Waals surface area contributed by atoms with Crippen LogP contribution in [0.3, 0.4) is 0 Å². The fourth-order valence-electron chi connectivity index (χ4n) is 2.59. The van der Waals surface area contributed by atoms with Crippen molar-refractivity contribution in [2.45, 2.75) is 25.2 Å². The van der Waals surface area contributed by atoms with Gasteiger partial charge < -0.3 is 4.90 Å². The summed E-state index contributed by atoms with van der Waals surface area (Å²) in [6.45, 7) is 8.77. The Morgan fingerprint density at radius 1 is 1.23 bits per heavy atom. The zero-order chi connectivity index (χ0) is 15.9. The van der Waals surface area contributed by atoms with Crippen molar-refractivity contribution in [2.24, 2.45) is 5.92 Å². The molecular weight excluding hydrogens is 316 g/mol. The smallest absolute Gasteiger partial charge is 0.225 e. The van der Waals surface area contributed by atoms with Gasteiger partial charge in [0.15, 0.2) is 0 Å². The van der Waals surface area contributed by atoms with Gasteiger partial charge in [-0.3, -0.25) is 9.69 Å². The normalized spacial score (nSPS) is 16.3. The number of amides is 1. The van der Waals surface area contributed by atoms with Gasteiger partial charge >= 0.3 is 0 Å². The van der Waals surface area contributed by atoms with Gasteiger partial charge in [-0.25, -0.2) is 0 Å². The predicted molar refractivity (Wildman–Crippen MR) is 94.7 cm³/mol. The Labute approximate surface area is 143 Å². The third-order valence-electron chi connectivity index (χ3n) is 3.89. The Bertz CT molecular complexity index is 487. The van der Waals surface area contributed by atoms with E-state index in [1.54, 1.807) is 0 Å². The molecule has 1 amide bonds. The first-order valence-electron chi connectivity index (χ1n) is 7.96. The molecule has 0 spiro atoms. The molecule has 5 heteroatoms. The summed E-state index contributed by atoms with van der Waals surface area (Å²) in [6, 6.07) is 8.00. The summed E-state index contributed by atoms with van der Waals surface area (Å²) in [5.74, 6) is 1.47. The molecule has 0 aliphatic carbocycles. The van der Waals surface area contributed by atoms with Gasteiger partial charge in [0.1, 0.15) is 0 Å². The van der Waals surface area contributed by atoms with E-state index in [-0.39, 0.29) is 11.8 Å². The highest BCUT2D eigenvalue weighted by Crippen LogP contribution is 2.26. The monoisotopic (exact) mass is 340 g/mol. The maximum Gasteiger partial charge on any atom is 0.225 e. The van der Waals surface area contributed by atoms with Crippen LogP contribution in [-0.2, 0) is 4.79 Å². The second-order valence-electron chi connectivity index (χ2n) is 5.95. The van der Waals surface area contributed by atoms with Crippen LogP contribution in [0.1, 0.15) is 20.3 Å². The van der Waals surface area contributed by atoms with E-state index < -0.39 is 0 Å². The first kappa shape index (κ1) is 17.6. The van der Waals surface area contributed by atoms with Crippen molar-refractivity contribution in [3.63, 3.8) is 0 Å². The second-order valence-corrected chi connectivity index (χ2v) is 7.50. The summed E-state index contributed by atoms with van der Waals surface area (Å²) in [7, 11) is 0. The number of rotatable bonds is 6. The van der Waals surface area contributed by atoms with Gasteiger partial charge in [0.2, 0.25) is 5.91 Å². The summed E-state index contributed by atoms with van der Waals surface area (Å²) in [4.78, 5) is 17.6. The van der Waals surface area contributed by atoms with Gasteiger partial charge in [-0.05, 0) is 30.9 Å². The van der Waals surface area contributed by atoms with Gasteiger partial charge in [0.25, 0.3) is 0 Å². The van der Waals surface area contributed by atoms with E-state index in [1.807, 2.05) is 48.7 Å². The average Bonchev–Trinajstić information content (AvgIpc) is 2.53. The fraction of sp³-hybridized carbons (Fsp3) is 0.588. The van der Waals surface area contributed by atoms with Gasteiger partial charge in [-0.15, -0.1) is 11.8 Å². The minimum Gasteiger partial charge on any atom is -0.340 e. The maximum atomic E-state index is 11.9. The molecule has 0 saturated carbocycles. The van der Waals surface area contributed by atoms with E-state index in [9.17, 15) is 4.79 Å². The minimum atomic E-state index is 0.110. The van der Waals surface area contributed by atoms with Crippen molar-refractivity contribution in [2.75, 3.05) is 38.5 Å². The molecule has 0 radical (unpaired) electrons. The van der Waals surface area contributed by atoms with Crippen molar-refractivity contribution >= 4 is 29.3 Å². The van der Waals surface area contributed by atoms with Crippen molar-refractivity contribution in [3.05, 3.63) is 29.3 Å². The molecule has 0 N–H and O–H groups in total. The lowest BCUT2D eigenvalue weighted by Gasteiger charge is -2.35. The molecule has 2 rings (SSSR count). The lowest BCUT2D eigenvalue weighted by atomic mass is 10.1. The van der Waals surface area contributed by atoms with Crippen molar-refractivity contribution in [3.8, 4) is 0 Å². The molecule has 0 unspecified atom stereocenters. The number of hydrogen-bond donors (Lipinski definition) is 0. The zero-order valence-corrected chi connectivity index (χ0v) is 15.0. The Balaban J connectivity index is 1.63. The molecule has 0 atom stereocenters. The Morgan fingerprint density at radius 2 is 1.91 bits per heavy atom. The molecule has 1 aliphatic heterocycles. The molecule has 0 bridgehead atoms. The number of carbonyl (C=O) groups is 1. The molecule has 22 heavy (non-hydrogen) atoms. The number of piperazine rings is 1. The zero-order valence-electron chi connectivity index (χ0n) is 13.4. The van der Waals surface area contributed by atoms with Crippen molar-refractivity contribution < 1.29 is 4.79 Å². The van der Waals surface area contributed by atoms with Crippen LogP contribution in [0.4, 0.5) is 0 Å². The van der Waals surface area contributed by atoms with Gasteiger partial charge in [0.05, 0.1) is 5.02 Å². The molecule has 0 aromatic heterocycles. The summed E-state index contributed by atoms with van der Waals surface area (Å²) in [6.07, 6.45) is 1.15. The number of carbonyl (C=O) groups excluding carboxylic acids is 1. The molecule has 1 aromatic carbocycles. The third-order valence-corrected chi connectivity index (χ3v) is 5.49. The van der Waals surface area contributed by atoms with Crippen LogP contribution < -0.4 is 0 Å². The summed E-state index contributed by atoms with van der Waals surface area (Å²) < 4.78 is 0. The van der Waals surface area contributed by atoms with Gasteiger partial charge in [-0.1, -0.05) is 37.6 Å². The van der Waals surface area contributed by atoms with Gasteiger partial charge in [0, 0.05) is 37.0 Å². The second kappa shape index (κ2) is 8.80. The average molecular weight is 341 g/mol. The van der Waals surface area contributed by atoms with E-state index >= 15 is 0 Å². The molecule has 1 fully saturated rings. The number of hydrogen-bond acceptors (Lipinski definition) is 3. The highest BCUT2D eigenvalue weighted by molar-refractivity contribution is 7.99. The number of benzene rings is 1. The first-order valence-corrected chi connectivity index (χ1v) is 9.32. The number of halogens is 1. The molecule has 1 heterocycles. The summed E-state index contributed by atoms with van der Waals surface area (Å²) >= 11 is 7.98. The molecule has 3 nitrogen and oxygen atoms in total. The van der Waals surface area contributed by atoms with E-state index in [2.05, 4.69) is 11.0 Å². The molecule has 122 valence electrons. The van der Waals surface area contributed by atoms with Gasteiger partial charge in [-0.2, -0.15) is 0 Å². The van der Waals surface area contributed by atoms with Crippen LogP contribution in [0, 0.1) is 5.92 Å². The first-order chi connectivity index (χ1) is 10.6. The van der Waals surface area contributed by atoms with E-state index in [1.165, 1.54) is 0 Å². The lowest BCUT2D eigenvalue weighted by Crippen LogP contribution is -2.49. The van der Waals surface area contributed by atoms with Crippen LogP contribution in [0.15, 0.2) is 29.2 Å². The maximum absolute atomic E-state index is 11.9. The highest BCUT2D eigenvalue weighted by atomic mass is 35.5. The van der Waals surface area contributed by atoms with E-state index in [4.69, 9.17) is 11.6 Å². The highest BCUT2D eigenvalue weighted by Gasteiger charge is 2.22. The molecule has 1 aliphatic rings. The van der Waals surface area contributed by atoms with Crippen LogP contribution in [0.2, 0.25) is 5.02 Å². The topological polar surface area (TPSA) is 23.6 Å². The van der Waals surface area contributed by atoms with Crippen LogP contribution in [-0.4, -0.2) is 54.2 Å².